The van der Waals surface area contributed by atoms with Crippen molar-refractivity contribution in [2.24, 2.45) is 0 Å². The maximum absolute atomic E-state index is 10.6. The Morgan fingerprint density at radius 1 is 1.36 bits per heavy atom. The van der Waals surface area contributed by atoms with Crippen LogP contribution in [-0.4, -0.2) is 30.8 Å². The molecule has 0 atom stereocenters. The fourth-order valence-electron chi connectivity index (χ4n) is 0.932. The van der Waals surface area contributed by atoms with Crippen LogP contribution in [0, 0.1) is 0 Å². The molecule has 1 rings (SSSR count). The Morgan fingerprint density at radius 2 is 2.07 bits per heavy atom. The van der Waals surface area contributed by atoms with Gasteiger partial charge in [-0.3, -0.25) is 4.79 Å². The van der Waals surface area contributed by atoms with Crippen LogP contribution in [0.25, 0.3) is 0 Å². The van der Waals surface area contributed by atoms with Gasteiger partial charge in [-0.1, -0.05) is 18.2 Å². The number of ether oxygens (including phenoxy) is 1. The molecule has 0 aliphatic heterocycles. The third-order valence-corrected chi connectivity index (χ3v) is 1.58. The van der Waals surface area contributed by atoms with E-state index in [-0.39, 0.29) is 5.91 Å². The summed E-state index contributed by atoms with van der Waals surface area (Å²) in [5.41, 5.74) is 0. The van der Waals surface area contributed by atoms with Crippen LogP contribution in [0.15, 0.2) is 30.3 Å². The molecule has 0 unspecified atom stereocenters. The molecule has 0 saturated heterocycles. The van der Waals surface area contributed by atoms with E-state index in [1.807, 2.05) is 30.3 Å². The third kappa shape index (κ3) is 3.91. The summed E-state index contributed by atoms with van der Waals surface area (Å²) in [6, 6.07) is 9.34. The summed E-state index contributed by atoms with van der Waals surface area (Å²) in [5, 5.41) is 10.9. The normalized spacial score (nSPS) is 9.50. The van der Waals surface area contributed by atoms with Crippen molar-refractivity contribution < 1.29 is 14.6 Å². The number of benzene rings is 1. The van der Waals surface area contributed by atoms with Crippen LogP contribution in [0.2, 0.25) is 0 Å². The van der Waals surface area contributed by atoms with Crippen LogP contribution in [0.3, 0.4) is 0 Å². The number of para-hydroxylation sites is 1. The Morgan fingerprint density at radius 3 is 2.71 bits per heavy atom. The monoisotopic (exact) mass is 195 g/mol. The summed E-state index contributed by atoms with van der Waals surface area (Å²) in [5.74, 6) is 0.382. The van der Waals surface area contributed by atoms with Crippen LogP contribution in [0.1, 0.15) is 0 Å². The van der Waals surface area contributed by atoms with Gasteiger partial charge in [0.2, 0.25) is 5.91 Å². The minimum atomic E-state index is -0.481. The van der Waals surface area contributed by atoms with Crippen molar-refractivity contribution in [2.75, 3.05) is 19.8 Å². The van der Waals surface area contributed by atoms with E-state index < -0.39 is 6.61 Å². The van der Waals surface area contributed by atoms with Crippen LogP contribution in [0.4, 0.5) is 0 Å². The second kappa shape index (κ2) is 5.99. The largest absolute Gasteiger partial charge is 0.492 e. The molecule has 4 nitrogen and oxygen atoms in total. The van der Waals surface area contributed by atoms with Gasteiger partial charge in [0, 0.05) is 0 Å². The lowest BCUT2D eigenvalue weighted by atomic mass is 10.3. The molecule has 76 valence electrons. The highest BCUT2D eigenvalue weighted by Gasteiger charge is 1.96. The average molecular weight is 195 g/mol. The van der Waals surface area contributed by atoms with Gasteiger partial charge in [0.15, 0.2) is 0 Å². The zero-order chi connectivity index (χ0) is 10.2. The van der Waals surface area contributed by atoms with Gasteiger partial charge in [-0.25, -0.2) is 0 Å². The number of carbonyl (C=O) groups excluding carboxylic acids is 1. The third-order valence-electron chi connectivity index (χ3n) is 1.58. The van der Waals surface area contributed by atoms with E-state index in [0.717, 1.165) is 5.75 Å². The van der Waals surface area contributed by atoms with Crippen LogP contribution in [0.5, 0.6) is 5.75 Å². The summed E-state index contributed by atoms with van der Waals surface area (Å²) in [7, 11) is 0. The molecule has 0 saturated carbocycles. The van der Waals surface area contributed by atoms with E-state index in [4.69, 9.17) is 9.84 Å². The quantitative estimate of drug-likeness (QED) is 0.659. The number of hydrogen-bond acceptors (Lipinski definition) is 3. The average Bonchev–Trinajstić information content (AvgIpc) is 2.25. The zero-order valence-electron chi connectivity index (χ0n) is 7.77. The summed E-state index contributed by atoms with van der Waals surface area (Å²) >= 11 is 0. The number of nitrogens with one attached hydrogen (secondary N) is 1. The Kier molecular flexibility index (Phi) is 4.50. The maximum atomic E-state index is 10.6. The molecule has 0 spiro atoms. The standard InChI is InChI=1S/C10H13NO3/c12-8-10(13)11-6-7-14-9-4-2-1-3-5-9/h1-5,12H,6-8H2,(H,11,13). The Bertz CT molecular complexity index is 274. The van der Waals surface area contributed by atoms with Gasteiger partial charge in [-0.05, 0) is 12.1 Å². The Hall–Kier alpha value is -1.55. The van der Waals surface area contributed by atoms with Gasteiger partial charge in [-0.15, -0.1) is 0 Å². The molecule has 2 N–H and O–H groups in total. The van der Waals surface area contributed by atoms with E-state index >= 15 is 0 Å². The van der Waals surface area contributed by atoms with Gasteiger partial charge in [0.1, 0.15) is 19.0 Å². The van der Waals surface area contributed by atoms with Crippen molar-refractivity contribution >= 4 is 5.91 Å². The lowest BCUT2D eigenvalue weighted by Gasteiger charge is -2.06. The number of amides is 1. The molecular formula is C10H13NO3. The second-order valence-electron chi connectivity index (χ2n) is 2.67. The fourth-order valence-corrected chi connectivity index (χ4v) is 0.932. The smallest absolute Gasteiger partial charge is 0.245 e. The molecule has 0 aliphatic carbocycles. The molecule has 1 aromatic rings. The molecule has 0 radical (unpaired) electrons. The van der Waals surface area contributed by atoms with Crippen molar-refractivity contribution in [2.45, 2.75) is 0 Å². The zero-order valence-corrected chi connectivity index (χ0v) is 7.77. The molecule has 0 aromatic heterocycles. The van der Waals surface area contributed by atoms with Gasteiger partial charge in [0.25, 0.3) is 0 Å². The van der Waals surface area contributed by atoms with Crippen LogP contribution >= 0.6 is 0 Å². The molecule has 0 aliphatic rings. The molecular weight excluding hydrogens is 182 g/mol. The number of aliphatic hydroxyl groups is 1. The topological polar surface area (TPSA) is 58.6 Å². The van der Waals surface area contributed by atoms with Crippen molar-refractivity contribution in [1.29, 1.82) is 0 Å². The van der Waals surface area contributed by atoms with Crippen molar-refractivity contribution in [1.82, 2.24) is 5.32 Å². The lowest BCUT2D eigenvalue weighted by molar-refractivity contribution is -0.123. The summed E-state index contributed by atoms with van der Waals surface area (Å²) in [6.45, 7) is 0.315. The first kappa shape index (κ1) is 10.5. The molecule has 1 amide bonds. The number of aliphatic hydroxyl groups excluding tert-OH is 1. The van der Waals surface area contributed by atoms with E-state index in [0.29, 0.717) is 13.2 Å². The highest BCUT2D eigenvalue weighted by Crippen LogP contribution is 2.07. The van der Waals surface area contributed by atoms with E-state index in [1.54, 1.807) is 0 Å². The summed E-state index contributed by atoms with van der Waals surface area (Å²) in [6.07, 6.45) is 0. The van der Waals surface area contributed by atoms with E-state index in [1.165, 1.54) is 0 Å². The first-order chi connectivity index (χ1) is 6.83. The van der Waals surface area contributed by atoms with Crippen molar-refractivity contribution in [3.63, 3.8) is 0 Å². The maximum Gasteiger partial charge on any atom is 0.245 e. The molecule has 1 aromatic carbocycles. The molecule has 14 heavy (non-hydrogen) atoms. The molecule has 4 heteroatoms. The van der Waals surface area contributed by atoms with Crippen molar-refractivity contribution in [3.05, 3.63) is 30.3 Å². The number of carbonyl (C=O) groups is 1. The number of rotatable bonds is 5. The van der Waals surface area contributed by atoms with E-state index in [9.17, 15) is 4.79 Å². The molecule has 0 heterocycles. The minimum Gasteiger partial charge on any atom is -0.492 e. The van der Waals surface area contributed by atoms with E-state index in [2.05, 4.69) is 5.32 Å². The Labute approximate surface area is 82.5 Å². The predicted molar refractivity (Wildman–Crippen MR) is 52.0 cm³/mol. The highest BCUT2D eigenvalue weighted by atomic mass is 16.5. The second-order valence-corrected chi connectivity index (χ2v) is 2.67. The fraction of sp³-hybridized carbons (Fsp3) is 0.300. The predicted octanol–water partition coefficient (Wildman–Crippen LogP) is 0.174. The van der Waals surface area contributed by atoms with Crippen LogP contribution in [-0.2, 0) is 4.79 Å². The highest BCUT2D eigenvalue weighted by molar-refractivity contribution is 5.76. The van der Waals surface area contributed by atoms with Gasteiger partial charge < -0.3 is 15.2 Å². The molecule has 0 fully saturated rings. The summed E-state index contributed by atoms with van der Waals surface area (Å²) in [4.78, 5) is 10.6. The molecule has 0 bridgehead atoms. The first-order valence-electron chi connectivity index (χ1n) is 4.38. The Balaban J connectivity index is 2.13. The first-order valence-corrected chi connectivity index (χ1v) is 4.38. The van der Waals surface area contributed by atoms with Gasteiger partial charge in [-0.2, -0.15) is 0 Å². The minimum absolute atomic E-state index is 0.387. The lowest BCUT2D eigenvalue weighted by Crippen LogP contribution is -2.30. The van der Waals surface area contributed by atoms with Gasteiger partial charge in [0.05, 0.1) is 6.54 Å². The van der Waals surface area contributed by atoms with Crippen LogP contribution < -0.4 is 10.1 Å². The van der Waals surface area contributed by atoms with Gasteiger partial charge >= 0.3 is 0 Å². The van der Waals surface area contributed by atoms with Crippen molar-refractivity contribution in [3.8, 4) is 5.75 Å². The SMILES string of the molecule is O=C(CO)NCCOc1ccccc1. The summed E-state index contributed by atoms with van der Waals surface area (Å²) < 4.78 is 5.30. The number of hydrogen-bond donors (Lipinski definition) is 2.